The first-order chi connectivity index (χ1) is 14.7. The maximum Gasteiger partial charge on any atom is 0.257 e. The van der Waals surface area contributed by atoms with Crippen molar-refractivity contribution in [2.45, 2.75) is 5.41 Å². The van der Waals surface area contributed by atoms with Gasteiger partial charge in [-0.1, -0.05) is 60.7 Å². The van der Waals surface area contributed by atoms with Crippen LogP contribution in [0.4, 0.5) is 0 Å². The molecule has 3 aromatic carbocycles. The van der Waals surface area contributed by atoms with Crippen LogP contribution < -0.4 is 0 Å². The first kappa shape index (κ1) is 17.8. The second-order valence-corrected chi connectivity index (χ2v) is 7.30. The first-order valence-corrected chi connectivity index (χ1v) is 9.68. The second kappa shape index (κ2) is 6.69. The van der Waals surface area contributed by atoms with Crippen molar-refractivity contribution in [2.24, 2.45) is 4.99 Å². The van der Waals surface area contributed by atoms with Crippen molar-refractivity contribution in [3.05, 3.63) is 89.5 Å². The van der Waals surface area contributed by atoms with Crippen LogP contribution in [0.1, 0.15) is 16.7 Å². The van der Waals surface area contributed by atoms with Gasteiger partial charge in [-0.05, 0) is 34.1 Å². The standard InChI is InChI=1S/C25H16N4O/c26-15-18-7-2-4-11-21(18)25(16-27)22(14-23-28-12-13-29(23)24(25)30)20-10-5-8-17-6-1-3-9-19(17)20/h1-11,14H,12-13H2/t25-/m1/s1. The molecule has 0 aliphatic carbocycles. The molecule has 0 saturated carbocycles. The van der Waals surface area contributed by atoms with Crippen LogP contribution in [0.5, 0.6) is 0 Å². The number of rotatable bonds is 2. The number of nitrogens with zero attached hydrogens (tertiary/aromatic N) is 4. The van der Waals surface area contributed by atoms with Crippen molar-refractivity contribution < 1.29 is 4.79 Å². The van der Waals surface area contributed by atoms with Crippen LogP contribution in [0.25, 0.3) is 16.3 Å². The van der Waals surface area contributed by atoms with Gasteiger partial charge in [0.25, 0.3) is 5.91 Å². The third kappa shape index (κ3) is 2.33. The molecule has 0 N–H and O–H groups in total. The van der Waals surface area contributed by atoms with Gasteiger partial charge in [-0.25, -0.2) is 0 Å². The van der Waals surface area contributed by atoms with Crippen molar-refractivity contribution in [3.63, 3.8) is 0 Å². The summed E-state index contributed by atoms with van der Waals surface area (Å²) < 4.78 is 0. The summed E-state index contributed by atoms with van der Waals surface area (Å²) >= 11 is 0. The van der Waals surface area contributed by atoms with Crippen molar-refractivity contribution >= 4 is 28.1 Å². The lowest BCUT2D eigenvalue weighted by Crippen LogP contribution is -2.51. The van der Waals surface area contributed by atoms with Crippen LogP contribution in [-0.2, 0) is 10.2 Å². The molecule has 5 rings (SSSR count). The molecule has 2 heterocycles. The fraction of sp³-hybridized carbons (Fsp3) is 0.120. The molecule has 142 valence electrons. The summed E-state index contributed by atoms with van der Waals surface area (Å²) in [5, 5.41) is 22.2. The molecule has 2 aliphatic heterocycles. The first-order valence-electron chi connectivity index (χ1n) is 9.68. The number of hydrogen-bond acceptors (Lipinski definition) is 4. The van der Waals surface area contributed by atoms with Gasteiger partial charge in [-0.2, -0.15) is 10.5 Å². The molecule has 0 aromatic heterocycles. The summed E-state index contributed by atoms with van der Waals surface area (Å²) in [5.74, 6) is 0.220. The Hall–Kier alpha value is -4.22. The van der Waals surface area contributed by atoms with Crippen LogP contribution in [0, 0.1) is 22.7 Å². The molecule has 0 spiro atoms. The van der Waals surface area contributed by atoms with Crippen molar-refractivity contribution in [2.75, 3.05) is 13.1 Å². The summed E-state index contributed by atoms with van der Waals surface area (Å²) in [5.41, 5.74) is 0.458. The van der Waals surface area contributed by atoms with Gasteiger partial charge in [0.2, 0.25) is 0 Å². The average Bonchev–Trinajstić information content (AvgIpc) is 3.28. The van der Waals surface area contributed by atoms with E-state index in [1.165, 1.54) is 0 Å². The summed E-state index contributed by atoms with van der Waals surface area (Å²) in [6, 6.07) is 25.1. The zero-order valence-electron chi connectivity index (χ0n) is 16.0. The number of nitriles is 2. The Balaban J connectivity index is 1.90. The summed E-state index contributed by atoms with van der Waals surface area (Å²) in [4.78, 5) is 19.9. The highest BCUT2D eigenvalue weighted by atomic mass is 16.2. The SMILES string of the molecule is N#Cc1ccccc1[C@@]1(C#N)C(=O)N2CCN=C2C=C1c1cccc2ccccc12. The number of aliphatic imine (C=N–C) groups is 1. The monoisotopic (exact) mass is 388 g/mol. The van der Waals surface area contributed by atoms with Crippen LogP contribution in [-0.4, -0.2) is 29.7 Å². The van der Waals surface area contributed by atoms with Crippen LogP contribution in [0.3, 0.4) is 0 Å². The van der Waals surface area contributed by atoms with Crippen LogP contribution in [0.15, 0.2) is 77.8 Å². The van der Waals surface area contributed by atoms with E-state index in [0.717, 1.165) is 16.3 Å². The maximum atomic E-state index is 13.8. The summed E-state index contributed by atoms with van der Waals surface area (Å²) in [7, 11) is 0. The molecule has 30 heavy (non-hydrogen) atoms. The molecular weight excluding hydrogens is 372 g/mol. The highest BCUT2D eigenvalue weighted by Crippen LogP contribution is 2.46. The van der Waals surface area contributed by atoms with Gasteiger partial charge < -0.3 is 0 Å². The molecule has 2 aliphatic rings. The molecule has 0 saturated heterocycles. The van der Waals surface area contributed by atoms with Gasteiger partial charge in [0.15, 0.2) is 5.41 Å². The molecule has 0 bridgehead atoms. The number of amidine groups is 1. The average molecular weight is 388 g/mol. The quantitative estimate of drug-likeness (QED) is 0.669. The lowest BCUT2D eigenvalue weighted by Gasteiger charge is -2.37. The minimum absolute atomic E-state index is 0.318. The predicted octanol–water partition coefficient (Wildman–Crippen LogP) is 3.81. The van der Waals surface area contributed by atoms with Crippen molar-refractivity contribution in [1.29, 1.82) is 10.5 Å². The zero-order valence-corrected chi connectivity index (χ0v) is 16.0. The molecule has 1 amide bonds. The Morgan fingerprint density at radius 2 is 1.73 bits per heavy atom. The number of hydrogen-bond donors (Lipinski definition) is 0. The Labute approximate surface area is 173 Å². The summed E-state index contributed by atoms with van der Waals surface area (Å²) in [6.07, 6.45) is 1.84. The molecule has 0 radical (unpaired) electrons. The lowest BCUT2D eigenvalue weighted by atomic mass is 9.68. The van der Waals surface area contributed by atoms with E-state index in [1.54, 1.807) is 29.2 Å². The fourth-order valence-electron chi connectivity index (χ4n) is 4.42. The van der Waals surface area contributed by atoms with E-state index in [0.29, 0.717) is 35.6 Å². The van der Waals surface area contributed by atoms with E-state index >= 15 is 0 Å². The van der Waals surface area contributed by atoms with Gasteiger partial charge in [0, 0.05) is 12.1 Å². The molecule has 0 unspecified atom stereocenters. The highest BCUT2D eigenvalue weighted by molar-refractivity contribution is 6.23. The Kier molecular flexibility index (Phi) is 3.98. The molecule has 5 heteroatoms. The lowest BCUT2D eigenvalue weighted by molar-refractivity contribution is -0.129. The number of carbonyl (C=O) groups excluding carboxylic acids is 1. The number of benzene rings is 3. The number of amides is 1. The van der Waals surface area contributed by atoms with E-state index < -0.39 is 5.41 Å². The molecule has 5 nitrogen and oxygen atoms in total. The van der Waals surface area contributed by atoms with E-state index in [1.807, 2.05) is 48.5 Å². The third-order valence-corrected chi connectivity index (χ3v) is 5.82. The zero-order chi connectivity index (χ0) is 20.7. The second-order valence-electron chi connectivity index (χ2n) is 7.30. The summed E-state index contributed by atoms with van der Waals surface area (Å²) in [6.45, 7) is 0.938. The van der Waals surface area contributed by atoms with E-state index in [-0.39, 0.29) is 5.91 Å². The van der Waals surface area contributed by atoms with Gasteiger partial charge in [-0.15, -0.1) is 0 Å². The number of fused-ring (bicyclic) bond motifs is 2. The highest BCUT2D eigenvalue weighted by Gasteiger charge is 2.53. The normalized spacial score (nSPS) is 20.2. The maximum absolute atomic E-state index is 13.8. The van der Waals surface area contributed by atoms with Gasteiger partial charge >= 0.3 is 0 Å². The van der Waals surface area contributed by atoms with Gasteiger partial charge in [-0.3, -0.25) is 14.7 Å². The van der Waals surface area contributed by atoms with Gasteiger partial charge in [0.05, 0.1) is 24.2 Å². The minimum atomic E-state index is -1.63. The van der Waals surface area contributed by atoms with Crippen LogP contribution >= 0.6 is 0 Å². The molecular formula is C25H16N4O. The predicted molar refractivity (Wildman–Crippen MR) is 114 cm³/mol. The van der Waals surface area contributed by atoms with E-state index in [9.17, 15) is 15.3 Å². The fourth-order valence-corrected chi connectivity index (χ4v) is 4.42. The largest absolute Gasteiger partial charge is 0.293 e. The molecule has 0 fully saturated rings. The minimum Gasteiger partial charge on any atom is -0.293 e. The van der Waals surface area contributed by atoms with Gasteiger partial charge in [0.1, 0.15) is 5.84 Å². The number of carbonyl (C=O) groups is 1. The van der Waals surface area contributed by atoms with E-state index in [4.69, 9.17) is 0 Å². The van der Waals surface area contributed by atoms with E-state index in [2.05, 4.69) is 17.1 Å². The third-order valence-electron chi connectivity index (χ3n) is 5.82. The Bertz CT molecular complexity index is 1350. The van der Waals surface area contributed by atoms with Crippen molar-refractivity contribution in [1.82, 2.24) is 4.90 Å². The molecule has 1 atom stereocenters. The Morgan fingerprint density at radius 1 is 0.967 bits per heavy atom. The Morgan fingerprint density at radius 3 is 2.57 bits per heavy atom. The smallest absolute Gasteiger partial charge is 0.257 e. The molecule has 3 aromatic rings. The van der Waals surface area contributed by atoms with Crippen LogP contribution in [0.2, 0.25) is 0 Å². The topological polar surface area (TPSA) is 80.2 Å². The van der Waals surface area contributed by atoms with Crippen molar-refractivity contribution in [3.8, 4) is 12.1 Å².